The van der Waals surface area contributed by atoms with Crippen LogP contribution in [0.5, 0.6) is 0 Å². The summed E-state index contributed by atoms with van der Waals surface area (Å²) in [5, 5.41) is 0. The Morgan fingerprint density at radius 1 is 1.33 bits per heavy atom. The zero-order valence-electron chi connectivity index (χ0n) is 9.93. The van der Waals surface area contributed by atoms with Gasteiger partial charge in [0.25, 0.3) is 10.1 Å². The average Bonchev–Trinajstić information content (AvgIpc) is 1.99. The van der Waals surface area contributed by atoms with Gasteiger partial charge in [-0.1, -0.05) is 13.3 Å². The number of hydrogen-bond acceptors (Lipinski definition) is 3. The van der Waals surface area contributed by atoms with Gasteiger partial charge in [0.05, 0.1) is 21.1 Å². The molecule has 0 bridgehead atoms. The second-order valence-electron chi connectivity index (χ2n) is 4.64. The minimum absolute atomic E-state index is 0.239. The summed E-state index contributed by atoms with van der Waals surface area (Å²) in [4.78, 5) is 0. The van der Waals surface area contributed by atoms with Crippen LogP contribution in [0.3, 0.4) is 0 Å². The van der Waals surface area contributed by atoms with E-state index < -0.39 is 15.6 Å². The number of rotatable bonds is 7. The summed E-state index contributed by atoms with van der Waals surface area (Å²) >= 11 is 0. The Balaban J connectivity index is 4.35. The van der Waals surface area contributed by atoms with Crippen LogP contribution in [-0.4, -0.2) is 57.2 Å². The maximum absolute atomic E-state index is 11.0. The second kappa shape index (κ2) is 5.79. The van der Waals surface area contributed by atoms with Crippen LogP contribution in [-0.2, 0) is 14.9 Å². The van der Waals surface area contributed by atoms with E-state index in [2.05, 4.69) is 0 Å². The molecule has 0 saturated carbocycles. The van der Waals surface area contributed by atoms with E-state index in [1.807, 2.05) is 28.1 Å². The summed E-state index contributed by atoms with van der Waals surface area (Å²) in [6.45, 7) is 2.59. The Morgan fingerprint density at radius 3 is 2.20 bits per heavy atom. The maximum Gasteiger partial charge on any atom is 0.298 e. The van der Waals surface area contributed by atoms with Gasteiger partial charge in [-0.3, -0.25) is 4.55 Å². The zero-order chi connectivity index (χ0) is 12.1. The largest absolute Gasteiger partial charge is 0.355 e. The summed E-state index contributed by atoms with van der Waals surface area (Å²) in [5.41, 5.74) is -1.12. The standard InChI is InChI=1S/C9H21NO4S/c1-5-6-7-14-9(15(11,12)13)8-10(2,3)4/h9H,5-8H2,1-4H3/p+1. The van der Waals surface area contributed by atoms with E-state index in [0.29, 0.717) is 11.1 Å². The van der Waals surface area contributed by atoms with Crippen molar-refractivity contribution in [3.8, 4) is 0 Å². The predicted octanol–water partition coefficient (Wildman–Crippen LogP) is 0.723. The van der Waals surface area contributed by atoms with Crippen molar-refractivity contribution < 1.29 is 22.2 Å². The molecule has 1 unspecified atom stereocenters. The van der Waals surface area contributed by atoms with Crippen LogP contribution in [0.4, 0.5) is 0 Å². The van der Waals surface area contributed by atoms with Crippen LogP contribution in [0.25, 0.3) is 0 Å². The van der Waals surface area contributed by atoms with Crippen molar-refractivity contribution in [2.45, 2.75) is 25.2 Å². The van der Waals surface area contributed by atoms with Crippen molar-refractivity contribution in [1.29, 1.82) is 0 Å². The van der Waals surface area contributed by atoms with E-state index >= 15 is 0 Å². The first-order chi connectivity index (χ1) is 6.67. The molecular formula is C9H22NO4S+. The Bertz CT molecular complexity index is 268. The molecule has 1 N–H and O–H groups in total. The highest BCUT2D eigenvalue weighted by Crippen LogP contribution is 2.07. The molecular weight excluding hydrogens is 218 g/mol. The first kappa shape index (κ1) is 14.8. The van der Waals surface area contributed by atoms with Crippen LogP contribution in [0.2, 0.25) is 0 Å². The molecule has 92 valence electrons. The van der Waals surface area contributed by atoms with E-state index in [9.17, 15) is 8.42 Å². The normalized spacial score (nSPS) is 15.3. The highest BCUT2D eigenvalue weighted by atomic mass is 32.2. The second-order valence-corrected chi connectivity index (χ2v) is 6.20. The number of hydrogen-bond donors (Lipinski definition) is 1. The molecule has 0 aromatic heterocycles. The molecule has 0 aromatic carbocycles. The molecule has 0 aliphatic heterocycles. The van der Waals surface area contributed by atoms with Gasteiger partial charge in [0.1, 0.15) is 6.54 Å². The van der Waals surface area contributed by atoms with Gasteiger partial charge < -0.3 is 9.22 Å². The maximum atomic E-state index is 11.0. The highest BCUT2D eigenvalue weighted by Gasteiger charge is 2.29. The lowest BCUT2D eigenvalue weighted by Crippen LogP contribution is -2.45. The molecule has 0 radical (unpaired) electrons. The van der Waals surface area contributed by atoms with Gasteiger partial charge in [-0.05, 0) is 6.42 Å². The van der Waals surface area contributed by atoms with E-state index in [0.717, 1.165) is 12.8 Å². The smallest absolute Gasteiger partial charge is 0.298 e. The fraction of sp³-hybridized carbons (Fsp3) is 1.00. The summed E-state index contributed by atoms with van der Waals surface area (Å²) in [6, 6.07) is 0. The fourth-order valence-electron chi connectivity index (χ4n) is 1.04. The molecule has 6 heteroatoms. The molecule has 0 aliphatic carbocycles. The first-order valence-electron chi connectivity index (χ1n) is 5.05. The number of nitrogens with zero attached hydrogens (tertiary/aromatic N) is 1. The molecule has 0 aliphatic rings. The van der Waals surface area contributed by atoms with E-state index in [-0.39, 0.29) is 6.54 Å². The van der Waals surface area contributed by atoms with Gasteiger partial charge >= 0.3 is 0 Å². The van der Waals surface area contributed by atoms with Crippen molar-refractivity contribution in [3.63, 3.8) is 0 Å². The third kappa shape index (κ3) is 7.72. The minimum Gasteiger partial charge on any atom is -0.355 e. The molecule has 0 rings (SSSR count). The summed E-state index contributed by atoms with van der Waals surface area (Å²) < 4.78 is 36.6. The Kier molecular flexibility index (Phi) is 5.72. The third-order valence-electron chi connectivity index (χ3n) is 1.83. The molecule has 5 nitrogen and oxygen atoms in total. The SMILES string of the molecule is CCCCOC(C[N+](C)(C)C)S(=O)(=O)O. The lowest BCUT2D eigenvalue weighted by atomic mass is 10.4. The zero-order valence-corrected chi connectivity index (χ0v) is 10.7. The summed E-state index contributed by atoms with van der Waals surface area (Å²) in [5.74, 6) is 0. The average molecular weight is 240 g/mol. The van der Waals surface area contributed by atoms with E-state index in [4.69, 9.17) is 9.29 Å². The molecule has 0 spiro atoms. The Labute approximate surface area is 92.4 Å². The van der Waals surface area contributed by atoms with Crippen LogP contribution in [0.15, 0.2) is 0 Å². The van der Waals surface area contributed by atoms with E-state index in [1.54, 1.807) is 0 Å². The molecule has 1 atom stereocenters. The Morgan fingerprint density at radius 2 is 1.87 bits per heavy atom. The monoisotopic (exact) mass is 240 g/mol. The quantitative estimate of drug-likeness (QED) is 0.405. The van der Waals surface area contributed by atoms with Crippen LogP contribution in [0, 0.1) is 0 Å². The van der Waals surface area contributed by atoms with Gasteiger partial charge in [0, 0.05) is 6.61 Å². The van der Waals surface area contributed by atoms with Gasteiger partial charge in [0.15, 0.2) is 0 Å². The number of quaternary nitrogens is 1. The molecule has 0 amide bonds. The molecule has 0 fully saturated rings. The van der Waals surface area contributed by atoms with Gasteiger partial charge in [0.2, 0.25) is 5.44 Å². The van der Waals surface area contributed by atoms with Gasteiger partial charge in [-0.15, -0.1) is 0 Å². The predicted molar refractivity (Wildman–Crippen MR) is 59.1 cm³/mol. The Hall–Kier alpha value is -0.170. The molecule has 0 saturated heterocycles. The first-order valence-corrected chi connectivity index (χ1v) is 6.55. The van der Waals surface area contributed by atoms with Crippen LogP contribution >= 0.6 is 0 Å². The lowest BCUT2D eigenvalue weighted by Gasteiger charge is -2.27. The van der Waals surface area contributed by atoms with Crippen molar-refractivity contribution in [1.82, 2.24) is 0 Å². The topological polar surface area (TPSA) is 63.6 Å². The van der Waals surface area contributed by atoms with E-state index in [1.165, 1.54) is 0 Å². The lowest BCUT2D eigenvalue weighted by molar-refractivity contribution is -0.872. The van der Waals surface area contributed by atoms with Crippen molar-refractivity contribution in [2.24, 2.45) is 0 Å². The van der Waals surface area contributed by atoms with Gasteiger partial charge in [-0.25, -0.2) is 0 Å². The summed E-state index contributed by atoms with van der Waals surface area (Å²) in [6.07, 6.45) is 1.73. The minimum atomic E-state index is -4.12. The van der Waals surface area contributed by atoms with Crippen molar-refractivity contribution in [2.75, 3.05) is 34.3 Å². The van der Waals surface area contributed by atoms with Crippen molar-refractivity contribution >= 4 is 10.1 Å². The van der Waals surface area contributed by atoms with Crippen molar-refractivity contribution in [3.05, 3.63) is 0 Å². The third-order valence-corrected chi connectivity index (χ3v) is 2.78. The van der Waals surface area contributed by atoms with Crippen LogP contribution in [0.1, 0.15) is 19.8 Å². The summed E-state index contributed by atoms with van der Waals surface area (Å²) in [7, 11) is 1.43. The molecule has 15 heavy (non-hydrogen) atoms. The number of unbranched alkanes of at least 4 members (excludes halogenated alkanes) is 1. The number of likely N-dealkylation sites (N-methyl/N-ethyl adjacent to an activating group) is 1. The number of ether oxygens (including phenoxy) is 1. The molecule has 0 heterocycles. The highest BCUT2D eigenvalue weighted by molar-refractivity contribution is 7.86. The van der Waals surface area contributed by atoms with Crippen LogP contribution < -0.4 is 0 Å². The fourth-order valence-corrected chi connectivity index (χ4v) is 1.94. The van der Waals surface area contributed by atoms with Gasteiger partial charge in [-0.2, -0.15) is 8.42 Å². The molecule has 0 aromatic rings.